The molecule has 1 amide bonds. The van der Waals surface area contributed by atoms with E-state index in [1.54, 1.807) is 14.2 Å². The number of thiazole rings is 1. The molecule has 1 aromatic heterocycles. The van der Waals surface area contributed by atoms with Crippen LogP contribution in [-0.2, 0) is 4.74 Å². The van der Waals surface area contributed by atoms with Crippen LogP contribution in [0.25, 0.3) is 10.2 Å². The van der Waals surface area contributed by atoms with Crippen LogP contribution in [0.5, 0.6) is 5.75 Å². The highest BCUT2D eigenvalue weighted by Crippen LogP contribution is 2.23. The van der Waals surface area contributed by atoms with Gasteiger partial charge in [0.2, 0.25) is 0 Å². The molecule has 0 aliphatic carbocycles. The lowest BCUT2D eigenvalue weighted by atomic mass is 10.1. The lowest BCUT2D eigenvalue weighted by Crippen LogP contribution is -2.29. The van der Waals surface area contributed by atoms with Gasteiger partial charge >= 0.3 is 0 Å². The Morgan fingerprint density at radius 2 is 2.04 bits per heavy atom. The van der Waals surface area contributed by atoms with Crippen molar-refractivity contribution >= 4 is 27.5 Å². The summed E-state index contributed by atoms with van der Waals surface area (Å²) >= 11 is 1.38. The van der Waals surface area contributed by atoms with Gasteiger partial charge in [-0.05, 0) is 29.8 Å². The highest BCUT2D eigenvalue weighted by Gasteiger charge is 2.16. The number of nitrogens with one attached hydrogen (secondary N) is 1. The van der Waals surface area contributed by atoms with Crippen molar-refractivity contribution in [2.75, 3.05) is 20.8 Å². The van der Waals surface area contributed by atoms with Gasteiger partial charge in [-0.2, -0.15) is 0 Å². The van der Waals surface area contributed by atoms with E-state index in [0.29, 0.717) is 11.6 Å². The molecule has 0 aliphatic rings. The van der Waals surface area contributed by atoms with E-state index in [2.05, 4.69) is 10.3 Å². The first kappa shape index (κ1) is 16.4. The minimum atomic E-state index is -0.251. The Morgan fingerprint density at radius 1 is 1.21 bits per heavy atom. The summed E-state index contributed by atoms with van der Waals surface area (Å²) in [5.74, 6) is 0.563. The van der Waals surface area contributed by atoms with E-state index in [1.165, 1.54) is 11.3 Å². The molecule has 5 nitrogen and oxygen atoms in total. The summed E-state index contributed by atoms with van der Waals surface area (Å²) in [6.45, 7) is 0.360. The van der Waals surface area contributed by atoms with Gasteiger partial charge in [-0.3, -0.25) is 4.79 Å². The average Bonchev–Trinajstić information content (AvgIpc) is 3.06. The number of aromatic nitrogens is 1. The fourth-order valence-corrected chi connectivity index (χ4v) is 3.29. The minimum Gasteiger partial charge on any atom is -0.497 e. The van der Waals surface area contributed by atoms with E-state index in [0.717, 1.165) is 21.5 Å². The summed E-state index contributed by atoms with van der Waals surface area (Å²) in [6.07, 6.45) is -0.251. The number of methoxy groups -OCH3 is 2. The molecule has 1 unspecified atom stereocenters. The predicted octanol–water partition coefficient (Wildman–Crippen LogP) is 3.42. The number of para-hydroxylation sites is 1. The summed E-state index contributed by atoms with van der Waals surface area (Å²) in [5.41, 5.74) is 1.78. The third kappa shape index (κ3) is 3.55. The summed E-state index contributed by atoms with van der Waals surface area (Å²) in [7, 11) is 3.24. The van der Waals surface area contributed by atoms with Crippen molar-refractivity contribution < 1.29 is 14.3 Å². The Labute approximate surface area is 144 Å². The number of benzene rings is 2. The summed E-state index contributed by atoms with van der Waals surface area (Å²) in [4.78, 5) is 16.7. The molecule has 0 radical (unpaired) electrons. The number of hydrogen-bond acceptors (Lipinski definition) is 5. The fraction of sp³-hybridized carbons (Fsp3) is 0.222. The maximum atomic E-state index is 12.3. The van der Waals surface area contributed by atoms with Crippen molar-refractivity contribution in [2.24, 2.45) is 0 Å². The number of carbonyl (C=O) groups excluding carboxylic acids is 1. The monoisotopic (exact) mass is 342 g/mol. The van der Waals surface area contributed by atoms with Crippen LogP contribution in [-0.4, -0.2) is 31.7 Å². The second kappa shape index (κ2) is 7.42. The van der Waals surface area contributed by atoms with Crippen molar-refractivity contribution in [3.8, 4) is 5.75 Å². The maximum absolute atomic E-state index is 12.3. The molecule has 1 N–H and O–H groups in total. The van der Waals surface area contributed by atoms with Crippen LogP contribution in [0.3, 0.4) is 0 Å². The topological polar surface area (TPSA) is 60.5 Å². The van der Waals surface area contributed by atoms with Crippen molar-refractivity contribution in [3.63, 3.8) is 0 Å². The molecule has 6 heteroatoms. The quantitative estimate of drug-likeness (QED) is 0.746. The van der Waals surface area contributed by atoms with Gasteiger partial charge in [0.15, 0.2) is 5.01 Å². The molecule has 3 aromatic rings. The van der Waals surface area contributed by atoms with Gasteiger partial charge in [0.1, 0.15) is 5.75 Å². The zero-order valence-corrected chi connectivity index (χ0v) is 14.3. The molecule has 24 heavy (non-hydrogen) atoms. The summed E-state index contributed by atoms with van der Waals surface area (Å²) in [5, 5.41) is 3.35. The molecule has 0 saturated carbocycles. The van der Waals surface area contributed by atoms with Crippen LogP contribution in [0.15, 0.2) is 48.5 Å². The van der Waals surface area contributed by atoms with Crippen molar-refractivity contribution in [2.45, 2.75) is 6.10 Å². The van der Waals surface area contributed by atoms with Crippen molar-refractivity contribution in [1.82, 2.24) is 10.3 Å². The Morgan fingerprint density at radius 3 is 2.79 bits per heavy atom. The average molecular weight is 342 g/mol. The van der Waals surface area contributed by atoms with Crippen LogP contribution in [0, 0.1) is 0 Å². The first-order chi connectivity index (χ1) is 11.7. The Balaban J connectivity index is 1.69. The molecule has 0 aliphatic heterocycles. The van der Waals surface area contributed by atoms with Gasteiger partial charge in [0.05, 0.1) is 23.4 Å². The van der Waals surface area contributed by atoms with E-state index < -0.39 is 0 Å². The molecule has 1 heterocycles. The molecule has 0 fully saturated rings. The summed E-state index contributed by atoms with van der Waals surface area (Å²) < 4.78 is 11.7. The van der Waals surface area contributed by atoms with Crippen LogP contribution < -0.4 is 10.1 Å². The van der Waals surface area contributed by atoms with Crippen molar-refractivity contribution in [3.05, 3.63) is 59.1 Å². The predicted molar refractivity (Wildman–Crippen MR) is 94.7 cm³/mol. The lowest BCUT2D eigenvalue weighted by Gasteiger charge is -2.16. The molecule has 3 rings (SSSR count). The molecule has 0 saturated heterocycles. The van der Waals surface area contributed by atoms with E-state index in [1.807, 2.05) is 48.5 Å². The van der Waals surface area contributed by atoms with Crippen molar-refractivity contribution in [1.29, 1.82) is 0 Å². The molecule has 0 spiro atoms. The fourth-order valence-electron chi connectivity index (χ4n) is 2.41. The number of amides is 1. The number of hydrogen-bond donors (Lipinski definition) is 1. The highest BCUT2D eigenvalue weighted by molar-refractivity contribution is 7.20. The molecule has 124 valence electrons. The van der Waals surface area contributed by atoms with E-state index in [-0.39, 0.29) is 12.0 Å². The molecule has 0 bridgehead atoms. The van der Waals surface area contributed by atoms with Crippen LogP contribution in [0.2, 0.25) is 0 Å². The standard InChI is InChI=1S/C18H18N2O3S/c1-22-13-7-5-6-12(10-13)15(23-2)11-19-17(21)18-20-14-8-3-4-9-16(14)24-18/h3-10,15H,11H2,1-2H3,(H,19,21). The van der Waals surface area contributed by atoms with E-state index >= 15 is 0 Å². The van der Waals surface area contributed by atoms with Gasteiger partial charge in [0.25, 0.3) is 5.91 Å². The molecule has 1 atom stereocenters. The summed E-state index contributed by atoms with van der Waals surface area (Å²) in [6, 6.07) is 15.3. The number of carbonyl (C=O) groups is 1. The normalized spacial score (nSPS) is 12.1. The van der Waals surface area contributed by atoms with Gasteiger partial charge < -0.3 is 14.8 Å². The maximum Gasteiger partial charge on any atom is 0.280 e. The van der Waals surface area contributed by atoms with E-state index in [4.69, 9.17) is 9.47 Å². The third-order valence-electron chi connectivity index (χ3n) is 3.69. The number of fused-ring (bicyclic) bond motifs is 1. The first-order valence-electron chi connectivity index (χ1n) is 7.52. The highest BCUT2D eigenvalue weighted by atomic mass is 32.1. The molecule has 2 aromatic carbocycles. The van der Waals surface area contributed by atoms with Gasteiger partial charge in [-0.1, -0.05) is 24.3 Å². The SMILES string of the molecule is COc1cccc(C(CNC(=O)c2nc3ccccc3s2)OC)c1. The van der Waals surface area contributed by atoms with Crippen LogP contribution in [0.4, 0.5) is 0 Å². The zero-order valence-electron chi connectivity index (χ0n) is 13.5. The third-order valence-corrected chi connectivity index (χ3v) is 4.72. The van der Waals surface area contributed by atoms with E-state index in [9.17, 15) is 4.79 Å². The second-order valence-electron chi connectivity index (χ2n) is 5.20. The Kier molecular flexibility index (Phi) is 5.08. The molecular weight excluding hydrogens is 324 g/mol. The van der Waals surface area contributed by atoms with Crippen LogP contribution in [0.1, 0.15) is 21.5 Å². The number of rotatable bonds is 6. The van der Waals surface area contributed by atoms with Gasteiger partial charge in [-0.15, -0.1) is 11.3 Å². The zero-order chi connectivity index (χ0) is 16.9. The number of nitrogens with zero attached hydrogens (tertiary/aromatic N) is 1. The molecular formula is C18H18N2O3S. The van der Waals surface area contributed by atoms with Gasteiger partial charge in [-0.25, -0.2) is 4.98 Å². The Bertz CT molecular complexity index is 814. The number of ether oxygens (including phenoxy) is 2. The smallest absolute Gasteiger partial charge is 0.280 e. The first-order valence-corrected chi connectivity index (χ1v) is 8.33. The minimum absolute atomic E-state index is 0.193. The Hall–Kier alpha value is -2.44. The van der Waals surface area contributed by atoms with Gasteiger partial charge in [0, 0.05) is 13.7 Å². The lowest BCUT2D eigenvalue weighted by molar-refractivity contribution is 0.0827. The largest absolute Gasteiger partial charge is 0.497 e. The van der Waals surface area contributed by atoms with Crippen LogP contribution >= 0.6 is 11.3 Å². The second-order valence-corrected chi connectivity index (χ2v) is 6.23.